The smallest absolute Gasteiger partial charge is 0.167 e. The number of aromatic nitrogens is 1. The van der Waals surface area contributed by atoms with Crippen LogP contribution in [0.1, 0.15) is 21.6 Å². The second-order valence-corrected chi connectivity index (χ2v) is 6.22. The van der Waals surface area contributed by atoms with Crippen LogP contribution in [0.25, 0.3) is 10.9 Å². The number of ether oxygens (including phenoxy) is 2. The van der Waals surface area contributed by atoms with Gasteiger partial charge in [-0.2, -0.15) is 0 Å². The van der Waals surface area contributed by atoms with E-state index in [1.165, 1.54) is 5.39 Å². The maximum atomic E-state index is 12.8. The second kappa shape index (κ2) is 5.71. The molecular weight excluding hydrogens is 302 g/mol. The Morgan fingerprint density at radius 2 is 1.83 bits per heavy atom. The van der Waals surface area contributed by atoms with Crippen molar-refractivity contribution in [2.45, 2.75) is 12.8 Å². The molecule has 0 amide bonds. The van der Waals surface area contributed by atoms with E-state index >= 15 is 0 Å². The number of aromatic amines is 1. The molecule has 1 aliphatic rings. The summed E-state index contributed by atoms with van der Waals surface area (Å²) < 4.78 is 10.7. The Labute approximate surface area is 140 Å². The van der Waals surface area contributed by atoms with Crippen LogP contribution in [0.5, 0.6) is 11.5 Å². The lowest BCUT2D eigenvalue weighted by molar-refractivity contribution is 0.0935. The Hall–Kier alpha value is -2.75. The van der Waals surface area contributed by atoms with E-state index in [-0.39, 0.29) is 11.7 Å². The minimum atomic E-state index is -0.0372. The largest absolute Gasteiger partial charge is 0.493 e. The Kier molecular flexibility index (Phi) is 3.53. The van der Waals surface area contributed by atoms with Gasteiger partial charge in [-0.1, -0.05) is 18.2 Å². The lowest BCUT2D eigenvalue weighted by Crippen LogP contribution is -2.12. The molecule has 0 spiro atoms. The van der Waals surface area contributed by atoms with E-state index in [0.29, 0.717) is 17.9 Å². The van der Waals surface area contributed by atoms with E-state index in [1.807, 2.05) is 24.3 Å². The number of methoxy groups -OCH3 is 2. The van der Waals surface area contributed by atoms with Crippen molar-refractivity contribution in [1.29, 1.82) is 0 Å². The monoisotopic (exact) mass is 321 g/mol. The van der Waals surface area contributed by atoms with Crippen molar-refractivity contribution in [2.75, 3.05) is 14.2 Å². The number of hydrogen-bond donors (Lipinski definition) is 1. The van der Waals surface area contributed by atoms with E-state index in [4.69, 9.17) is 9.47 Å². The van der Waals surface area contributed by atoms with Gasteiger partial charge in [-0.15, -0.1) is 0 Å². The molecule has 4 nitrogen and oxygen atoms in total. The van der Waals surface area contributed by atoms with Crippen molar-refractivity contribution in [3.8, 4) is 11.5 Å². The zero-order valence-corrected chi connectivity index (χ0v) is 13.8. The molecule has 3 aromatic rings. The van der Waals surface area contributed by atoms with Crippen molar-refractivity contribution >= 4 is 16.7 Å². The highest BCUT2D eigenvalue weighted by atomic mass is 16.5. The van der Waals surface area contributed by atoms with Gasteiger partial charge in [-0.3, -0.25) is 4.79 Å². The van der Waals surface area contributed by atoms with Crippen LogP contribution in [-0.4, -0.2) is 25.0 Å². The van der Waals surface area contributed by atoms with Crippen molar-refractivity contribution < 1.29 is 14.3 Å². The molecule has 0 fully saturated rings. The zero-order valence-electron chi connectivity index (χ0n) is 13.8. The topological polar surface area (TPSA) is 51.3 Å². The number of hydrogen-bond acceptors (Lipinski definition) is 3. The molecule has 0 saturated heterocycles. The van der Waals surface area contributed by atoms with E-state index in [9.17, 15) is 4.79 Å². The van der Waals surface area contributed by atoms with Crippen LogP contribution in [0.2, 0.25) is 0 Å². The normalized spacial score (nSPS) is 16.4. The van der Waals surface area contributed by atoms with Gasteiger partial charge in [0.25, 0.3) is 0 Å². The number of carbonyl (C=O) groups excluding carboxylic acids is 1. The predicted molar refractivity (Wildman–Crippen MR) is 93.1 cm³/mol. The third kappa shape index (κ3) is 2.35. The van der Waals surface area contributed by atoms with Gasteiger partial charge in [-0.05, 0) is 48.1 Å². The molecule has 1 atom stereocenters. The third-order valence-corrected chi connectivity index (χ3v) is 4.76. The summed E-state index contributed by atoms with van der Waals surface area (Å²) in [4.78, 5) is 16.2. The van der Waals surface area contributed by atoms with Gasteiger partial charge >= 0.3 is 0 Å². The average Bonchev–Trinajstić information content (AvgIpc) is 3.14. The lowest BCUT2D eigenvalue weighted by Gasteiger charge is -2.09. The molecule has 4 rings (SSSR count). The molecule has 1 N–H and O–H groups in total. The highest BCUT2D eigenvalue weighted by molar-refractivity contribution is 6.03. The second-order valence-electron chi connectivity index (χ2n) is 6.22. The van der Waals surface area contributed by atoms with Gasteiger partial charge in [0.05, 0.1) is 14.2 Å². The van der Waals surface area contributed by atoms with Crippen LogP contribution in [-0.2, 0) is 12.8 Å². The minimum absolute atomic E-state index is 0.0372. The fraction of sp³-hybridized carbons (Fsp3) is 0.250. The predicted octanol–water partition coefficient (Wildman–Crippen LogP) is 3.78. The first-order valence-electron chi connectivity index (χ1n) is 8.05. The maximum absolute atomic E-state index is 12.8. The first kappa shape index (κ1) is 14.8. The summed E-state index contributed by atoms with van der Waals surface area (Å²) in [5, 5.41) is 1.18. The molecule has 122 valence electrons. The SMILES string of the molecule is COc1cc2c(cc1OC)C(=O)C(Cc1cc3ccccc3[nH]1)C2. The maximum Gasteiger partial charge on any atom is 0.167 e. The first-order valence-corrected chi connectivity index (χ1v) is 8.05. The van der Waals surface area contributed by atoms with Crippen LogP contribution >= 0.6 is 0 Å². The highest BCUT2D eigenvalue weighted by Gasteiger charge is 2.32. The molecule has 1 heterocycles. The molecular formula is C20H19NO3. The van der Waals surface area contributed by atoms with E-state index in [2.05, 4.69) is 23.2 Å². The van der Waals surface area contributed by atoms with Crippen LogP contribution in [0.15, 0.2) is 42.5 Å². The van der Waals surface area contributed by atoms with Crippen molar-refractivity contribution in [1.82, 2.24) is 4.98 Å². The molecule has 1 aromatic heterocycles. The van der Waals surface area contributed by atoms with Gasteiger partial charge in [0.1, 0.15) is 0 Å². The summed E-state index contributed by atoms with van der Waals surface area (Å²) in [6.07, 6.45) is 1.46. The van der Waals surface area contributed by atoms with Crippen molar-refractivity contribution in [3.05, 3.63) is 59.3 Å². The molecule has 0 bridgehead atoms. The summed E-state index contributed by atoms with van der Waals surface area (Å²) in [5.74, 6) is 1.43. The zero-order chi connectivity index (χ0) is 16.7. The van der Waals surface area contributed by atoms with Gasteiger partial charge in [0.2, 0.25) is 0 Å². The molecule has 1 aliphatic carbocycles. The van der Waals surface area contributed by atoms with Crippen LogP contribution < -0.4 is 9.47 Å². The third-order valence-electron chi connectivity index (χ3n) is 4.76. The highest BCUT2D eigenvalue weighted by Crippen LogP contribution is 2.37. The molecule has 2 aromatic carbocycles. The summed E-state index contributed by atoms with van der Waals surface area (Å²) in [6, 6.07) is 14.0. The van der Waals surface area contributed by atoms with Gasteiger partial charge < -0.3 is 14.5 Å². The Balaban J connectivity index is 1.62. The summed E-state index contributed by atoms with van der Waals surface area (Å²) in [6.45, 7) is 0. The number of Topliss-reactive ketones (excluding diaryl/α,β-unsaturated/α-hetero) is 1. The number of para-hydroxylation sites is 1. The summed E-state index contributed by atoms with van der Waals surface area (Å²) in [7, 11) is 3.20. The molecule has 0 aliphatic heterocycles. The molecule has 0 saturated carbocycles. The number of benzene rings is 2. The quantitative estimate of drug-likeness (QED) is 0.795. The summed E-state index contributed by atoms with van der Waals surface area (Å²) >= 11 is 0. The number of rotatable bonds is 4. The van der Waals surface area contributed by atoms with Crippen LogP contribution in [0.4, 0.5) is 0 Å². The van der Waals surface area contributed by atoms with Crippen LogP contribution in [0.3, 0.4) is 0 Å². The standard InChI is InChI=1S/C20H19NO3/c1-23-18-10-13-7-14(20(22)16(13)11-19(18)24-2)9-15-8-12-5-3-4-6-17(12)21-15/h3-6,8,10-11,14,21H,7,9H2,1-2H3. The number of nitrogens with one attached hydrogen (secondary N) is 1. The molecule has 24 heavy (non-hydrogen) atoms. The minimum Gasteiger partial charge on any atom is -0.493 e. The fourth-order valence-corrected chi connectivity index (χ4v) is 3.57. The van der Waals surface area contributed by atoms with Gasteiger partial charge in [0, 0.05) is 22.7 Å². The van der Waals surface area contributed by atoms with E-state index < -0.39 is 0 Å². The van der Waals surface area contributed by atoms with Crippen molar-refractivity contribution in [2.24, 2.45) is 5.92 Å². The first-order chi connectivity index (χ1) is 11.7. The fourth-order valence-electron chi connectivity index (χ4n) is 3.57. The Bertz CT molecular complexity index is 893. The average molecular weight is 321 g/mol. The van der Waals surface area contributed by atoms with E-state index in [1.54, 1.807) is 14.2 Å². The van der Waals surface area contributed by atoms with Crippen molar-refractivity contribution in [3.63, 3.8) is 0 Å². The van der Waals surface area contributed by atoms with Crippen LogP contribution in [0, 0.1) is 5.92 Å². The Morgan fingerprint density at radius 1 is 1.08 bits per heavy atom. The van der Waals surface area contributed by atoms with Gasteiger partial charge in [0.15, 0.2) is 17.3 Å². The molecule has 4 heteroatoms. The summed E-state index contributed by atoms with van der Waals surface area (Å²) in [5.41, 5.74) is 4.01. The number of carbonyl (C=O) groups is 1. The lowest BCUT2D eigenvalue weighted by atomic mass is 9.99. The molecule has 1 unspecified atom stereocenters. The number of fused-ring (bicyclic) bond motifs is 2. The number of H-pyrrole nitrogens is 1. The van der Waals surface area contributed by atoms with Gasteiger partial charge in [-0.25, -0.2) is 0 Å². The number of ketones is 1. The Morgan fingerprint density at radius 3 is 2.58 bits per heavy atom. The molecule has 0 radical (unpaired) electrons. The van der Waals surface area contributed by atoms with E-state index in [0.717, 1.165) is 28.8 Å².